The van der Waals surface area contributed by atoms with E-state index >= 15 is 0 Å². The van der Waals surface area contributed by atoms with Crippen molar-refractivity contribution in [1.82, 2.24) is 14.4 Å². The van der Waals surface area contributed by atoms with Gasteiger partial charge in [-0.15, -0.1) is 0 Å². The molecule has 3 aromatic heterocycles. The van der Waals surface area contributed by atoms with Crippen molar-refractivity contribution in [3.05, 3.63) is 54.0 Å². The highest BCUT2D eigenvalue weighted by Gasteiger charge is 2.11. The van der Waals surface area contributed by atoms with Crippen LogP contribution < -0.4 is 0 Å². The van der Waals surface area contributed by atoms with Gasteiger partial charge in [-0.2, -0.15) is 0 Å². The number of fused-ring (bicyclic) bond motifs is 2. The van der Waals surface area contributed by atoms with Crippen molar-refractivity contribution in [3.8, 4) is 11.5 Å². The Morgan fingerprint density at radius 1 is 1.05 bits per heavy atom. The van der Waals surface area contributed by atoms with Crippen molar-refractivity contribution in [2.45, 2.75) is 13.8 Å². The van der Waals surface area contributed by atoms with Gasteiger partial charge in [-0.05, 0) is 32.0 Å². The minimum Gasteiger partial charge on any atom is -0.454 e. The molecule has 98 valence electrons. The smallest absolute Gasteiger partial charge is 0.234 e. The highest BCUT2D eigenvalue weighted by atomic mass is 16.3. The molecule has 0 amide bonds. The zero-order valence-electron chi connectivity index (χ0n) is 11.3. The molecular formula is C16H13N3O. The van der Waals surface area contributed by atoms with Crippen LogP contribution in [-0.2, 0) is 0 Å². The lowest BCUT2D eigenvalue weighted by Gasteiger charge is -1.98. The van der Waals surface area contributed by atoms with Crippen molar-refractivity contribution in [3.63, 3.8) is 0 Å². The summed E-state index contributed by atoms with van der Waals surface area (Å²) >= 11 is 0. The molecule has 0 saturated heterocycles. The molecule has 4 rings (SSSR count). The Kier molecular flexibility index (Phi) is 2.21. The normalized spacial score (nSPS) is 11.5. The van der Waals surface area contributed by atoms with Crippen LogP contribution in [0.25, 0.3) is 28.2 Å². The Morgan fingerprint density at radius 2 is 1.90 bits per heavy atom. The van der Waals surface area contributed by atoms with E-state index in [4.69, 9.17) is 4.42 Å². The molecule has 20 heavy (non-hydrogen) atoms. The molecule has 4 nitrogen and oxygen atoms in total. The van der Waals surface area contributed by atoms with Crippen molar-refractivity contribution < 1.29 is 4.42 Å². The molecule has 0 aliphatic carbocycles. The van der Waals surface area contributed by atoms with E-state index < -0.39 is 0 Å². The number of imidazole rings is 1. The van der Waals surface area contributed by atoms with E-state index in [9.17, 15) is 0 Å². The van der Waals surface area contributed by atoms with Crippen molar-refractivity contribution in [2.24, 2.45) is 0 Å². The Hall–Kier alpha value is -2.62. The molecule has 3 heterocycles. The summed E-state index contributed by atoms with van der Waals surface area (Å²) < 4.78 is 7.83. The lowest BCUT2D eigenvalue weighted by atomic mass is 10.2. The quantitative estimate of drug-likeness (QED) is 0.525. The topological polar surface area (TPSA) is 43.3 Å². The lowest BCUT2D eigenvalue weighted by molar-refractivity contribution is 0.629. The summed E-state index contributed by atoms with van der Waals surface area (Å²) in [7, 11) is 0. The molecule has 0 fully saturated rings. The maximum Gasteiger partial charge on any atom is 0.234 e. The van der Waals surface area contributed by atoms with E-state index in [1.165, 1.54) is 0 Å². The minimum absolute atomic E-state index is 0.706. The van der Waals surface area contributed by atoms with Gasteiger partial charge in [0.15, 0.2) is 5.76 Å². The fourth-order valence-corrected chi connectivity index (χ4v) is 2.50. The standard InChI is InChI=1S/C16H13N3O/c1-10-7-11(2)19-9-13(18-16(19)17-10)15-8-12-5-3-4-6-14(12)20-15/h3-9H,1-2H3. The first-order chi connectivity index (χ1) is 9.70. The molecule has 0 aliphatic rings. The van der Waals surface area contributed by atoms with Gasteiger partial charge in [-0.1, -0.05) is 18.2 Å². The summed E-state index contributed by atoms with van der Waals surface area (Å²) in [5, 5.41) is 1.08. The summed E-state index contributed by atoms with van der Waals surface area (Å²) in [4.78, 5) is 9.00. The molecule has 4 heteroatoms. The Bertz CT molecular complexity index is 900. The third-order valence-corrected chi connectivity index (χ3v) is 3.44. The number of benzene rings is 1. The molecule has 0 atom stereocenters. The minimum atomic E-state index is 0.706. The average Bonchev–Trinajstić information content (AvgIpc) is 3.01. The average molecular weight is 263 g/mol. The molecular weight excluding hydrogens is 250 g/mol. The molecule has 0 spiro atoms. The van der Waals surface area contributed by atoms with Crippen LogP contribution in [0, 0.1) is 13.8 Å². The number of rotatable bonds is 1. The largest absolute Gasteiger partial charge is 0.454 e. The number of aromatic nitrogens is 3. The zero-order chi connectivity index (χ0) is 13.7. The van der Waals surface area contributed by atoms with Gasteiger partial charge in [0.05, 0.1) is 0 Å². The van der Waals surface area contributed by atoms with E-state index in [1.54, 1.807) is 0 Å². The molecule has 0 aliphatic heterocycles. The first-order valence-corrected chi connectivity index (χ1v) is 6.53. The summed E-state index contributed by atoms with van der Waals surface area (Å²) in [6, 6.07) is 12.0. The maximum atomic E-state index is 5.85. The lowest BCUT2D eigenvalue weighted by Crippen LogP contribution is -1.94. The van der Waals surface area contributed by atoms with E-state index in [0.717, 1.165) is 33.8 Å². The van der Waals surface area contributed by atoms with Crippen LogP contribution in [0.2, 0.25) is 0 Å². The molecule has 1 aromatic carbocycles. The molecule has 0 saturated carbocycles. The summed E-state index contributed by atoms with van der Waals surface area (Å²) in [6.45, 7) is 4.02. The predicted molar refractivity (Wildman–Crippen MR) is 77.7 cm³/mol. The van der Waals surface area contributed by atoms with Crippen molar-refractivity contribution >= 4 is 16.7 Å². The second-order valence-corrected chi connectivity index (χ2v) is 4.98. The van der Waals surface area contributed by atoms with Crippen LogP contribution in [0.4, 0.5) is 0 Å². The van der Waals surface area contributed by atoms with Crippen LogP contribution >= 0.6 is 0 Å². The second-order valence-electron chi connectivity index (χ2n) is 4.98. The van der Waals surface area contributed by atoms with Gasteiger partial charge in [-0.3, -0.25) is 4.40 Å². The van der Waals surface area contributed by atoms with Gasteiger partial charge in [0.25, 0.3) is 0 Å². The fraction of sp³-hybridized carbons (Fsp3) is 0.125. The highest BCUT2D eigenvalue weighted by Crippen LogP contribution is 2.27. The van der Waals surface area contributed by atoms with Gasteiger partial charge >= 0.3 is 0 Å². The molecule has 0 unspecified atom stereocenters. The van der Waals surface area contributed by atoms with E-state index in [2.05, 4.69) is 9.97 Å². The van der Waals surface area contributed by atoms with E-state index in [0.29, 0.717) is 5.78 Å². The van der Waals surface area contributed by atoms with Gasteiger partial charge in [0.1, 0.15) is 11.3 Å². The number of hydrogen-bond donors (Lipinski definition) is 0. The fourth-order valence-electron chi connectivity index (χ4n) is 2.50. The number of aryl methyl sites for hydroxylation is 2. The van der Waals surface area contributed by atoms with Gasteiger partial charge in [0.2, 0.25) is 5.78 Å². The zero-order valence-corrected chi connectivity index (χ0v) is 11.3. The Morgan fingerprint density at radius 3 is 2.75 bits per heavy atom. The summed E-state index contributed by atoms with van der Waals surface area (Å²) in [5.41, 5.74) is 3.77. The maximum absolute atomic E-state index is 5.85. The van der Waals surface area contributed by atoms with Gasteiger partial charge in [0, 0.05) is 23.0 Å². The second kappa shape index (κ2) is 3.93. The van der Waals surface area contributed by atoms with Crippen molar-refractivity contribution in [2.75, 3.05) is 0 Å². The van der Waals surface area contributed by atoms with Gasteiger partial charge in [-0.25, -0.2) is 9.97 Å². The number of nitrogens with zero attached hydrogens (tertiary/aromatic N) is 3. The molecule has 0 radical (unpaired) electrons. The van der Waals surface area contributed by atoms with Crippen LogP contribution in [0.3, 0.4) is 0 Å². The van der Waals surface area contributed by atoms with Crippen molar-refractivity contribution in [1.29, 1.82) is 0 Å². The number of furan rings is 1. The summed E-state index contributed by atoms with van der Waals surface area (Å²) in [6.07, 6.45) is 1.97. The third kappa shape index (κ3) is 1.61. The number of hydrogen-bond acceptors (Lipinski definition) is 3. The third-order valence-electron chi connectivity index (χ3n) is 3.44. The first-order valence-electron chi connectivity index (χ1n) is 6.53. The number of para-hydroxylation sites is 1. The molecule has 0 bridgehead atoms. The predicted octanol–water partition coefficient (Wildman–Crippen LogP) is 3.76. The Labute approximate surface area is 115 Å². The molecule has 4 aromatic rings. The Balaban J connectivity index is 1.95. The van der Waals surface area contributed by atoms with Crippen LogP contribution in [0.1, 0.15) is 11.4 Å². The van der Waals surface area contributed by atoms with Crippen LogP contribution in [0.5, 0.6) is 0 Å². The summed E-state index contributed by atoms with van der Waals surface area (Å²) in [5.74, 6) is 1.48. The van der Waals surface area contributed by atoms with Crippen LogP contribution in [0.15, 0.2) is 47.0 Å². The van der Waals surface area contributed by atoms with Gasteiger partial charge < -0.3 is 4.42 Å². The van der Waals surface area contributed by atoms with E-state index in [-0.39, 0.29) is 0 Å². The first kappa shape index (κ1) is 11.2. The van der Waals surface area contributed by atoms with Crippen LogP contribution in [-0.4, -0.2) is 14.4 Å². The SMILES string of the molecule is Cc1cc(C)n2cc(-c3cc4ccccc4o3)nc2n1. The molecule has 0 N–H and O–H groups in total. The monoisotopic (exact) mass is 263 g/mol. The van der Waals surface area contributed by atoms with E-state index in [1.807, 2.05) is 60.8 Å². The highest BCUT2D eigenvalue weighted by molar-refractivity contribution is 5.82.